The van der Waals surface area contributed by atoms with Crippen LogP contribution in [0, 0.1) is 116 Å². The van der Waals surface area contributed by atoms with E-state index in [0.717, 1.165) is 16.1 Å². The van der Waals surface area contributed by atoms with Gasteiger partial charge in [0, 0.05) is 11.6 Å². The highest BCUT2D eigenvalue weighted by Gasteiger charge is 2.52. The maximum Gasteiger partial charge on any atom is 0.244 e. The normalized spacial score (nSPS) is 11.6. The Morgan fingerprint density at radius 2 is 0.651 bits per heavy atom. The predicted octanol–water partition coefficient (Wildman–Crippen LogP) is 8.99. The molecule has 7 rings (SSSR count). The molecule has 0 aliphatic rings. The van der Waals surface area contributed by atoms with Crippen LogP contribution in [0.25, 0.3) is 10.2 Å². The van der Waals surface area contributed by atoms with Crippen molar-refractivity contribution in [2.24, 2.45) is 0 Å². The van der Waals surface area contributed by atoms with Gasteiger partial charge < -0.3 is 0 Å². The van der Waals surface area contributed by atoms with Crippen molar-refractivity contribution in [2.75, 3.05) is 0 Å². The molecule has 7 aromatic rings. The first-order valence-electron chi connectivity index (χ1n) is 16.7. The van der Waals surface area contributed by atoms with E-state index in [-0.39, 0.29) is 5.78 Å². The molecule has 2 nitrogen and oxygen atoms in total. The SMILES string of the molecule is Fc1c(F)c(F)c([B-](c2c(F)c(F)c(F)c(F)c2F)(c2c(F)c(F)c(F)c(F)c2F)c2c(F)c(F)c(F)c(F)c2F)c(F)c1F.O=C(Cc1[nH+]c2ccccc2s1)c1ccccc1. The van der Waals surface area contributed by atoms with Crippen molar-refractivity contribution in [1.29, 1.82) is 0 Å². The van der Waals surface area contributed by atoms with E-state index in [1.54, 1.807) is 11.3 Å². The summed E-state index contributed by atoms with van der Waals surface area (Å²) in [4.78, 5) is 15.4. The third-order valence-electron chi connectivity index (χ3n) is 9.52. The summed E-state index contributed by atoms with van der Waals surface area (Å²) in [6.07, 6.45) is -6.78. The number of hydrogen-bond acceptors (Lipinski definition) is 2. The van der Waals surface area contributed by atoms with Gasteiger partial charge in [-0.1, -0.05) is 53.8 Å². The Morgan fingerprint density at radius 1 is 0.381 bits per heavy atom. The number of fused-ring (bicyclic) bond motifs is 1. The van der Waals surface area contributed by atoms with Gasteiger partial charge in [0.15, 0.2) is 75.6 Å². The number of H-pyrrole nitrogens is 1. The monoisotopic (exact) mass is 933 g/mol. The molecule has 0 saturated carbocycles. The van der Waals surface area contributed by atoms with Crippen LogP contribution in [0.2, 0.25) is 0 Å². The average Bonchev–Trinajstić information content (AvgIpc) is 3.69. The van der Waals surface area contributed by atoms with Crippen molar-refractivity contribution < 1.29 is 97.6 Å². The number of aromatic amines is 1. The van der Waals surface area contributed by atoms with Crippen LogP contribution in [0.15, 0.2) is 54.6 Å². The second-order valence-corrected chi connectivity index (χ2v) is 14.0. The minimum absolute atomic E-state index is 0.151. The van der Waals surface area contributed by atoms with E-state index in [9.17, 15) is 57.5 Å². The number of ketones is 1. The van der Waals surface area contributed by atoms with Gasteiger partial charge in [-0.25, -0.2) is 87.8 Å². The first-order chi connectivity index (χ1) is 29.5. The van der Waals surface area contributed by atoms with Gasteiger partial charge in [-0.05, 0) is 6.07 Å². The lowest BCUT2D eigenvalue weighted by molar-refractivity contribution is -0.349. The number of nitrogens with one attached hydrogen (secondary N) is 1. The maximum absolute atomic E-state index is 15.4. The zero-order valence-corrected chi connectivity index (χ0v) is 30.7. The van der Waals surface area contributed by atoms with Crippen LogP contribution in [0.3, 0.4) is 0 Å². The van der Waals surface area contributed by atoms with Crippen molar-refractivity contribution >= 4 is 55.3 Å². The molecule has 1 aromatic heterocycles. The lowest BCUT2D eigenvalue weighted by Crippen LogP contribution is -2.81. The van der Waals surface area contributed by atoms with Gasteiger partial charge in [0.1, 0.15) is 63.8 Å². The quantitative estimate of drug-likeness (QED) is 0.0517. The predicted molar refractivity (Wildman–Crippen MR) is 182 cm³/mol. The van der Waals surface area contributed by atoms with Crippen LogP contribution in [0.1, 0.15) is 15.4 Å². The van der Waals surface area contributed by atoms with Crippen molar-refractivity contribution in [3.05, 3.63) is 182 Å². The average molecular weight is 933 g/mol. The summed E-state index contributed by atoms with van der Waals surface area (Å²) in [5, 5.41) is 1.00. The lowest BCUT2D eigenvalue weighted by atomic mass is 9.12. The molecule has 0 radical (unpaired) electrons. The van der Waals surface area contributed by atoms with Crippen LogP contribution < -0.4 is 26.8 Å². The van der Waals surface area contributed by atoms with E-state index < -0.39 is 144 Å². The molecule has 328 valence electrons. The molecule has 1 heterocycles. The van der Waals surface area contributed by atoms with Gasteiger partial charge in [0.05, 0.1) is 0 Å². The van der Waals surface area contributed by atoms with E-state index in [0.29, 0.717) is 6.42 Å². The Labute approximate surface area is 340 Å². The number of benzene rings is 6. The molecule has 0 aliphatic carbocycles. The summed E-state index contributed by atoms with van der Waals surface area (Å²) in [7, 11) is 0. The summed E-state index contributed by atoms with van der Waals surface area (Å²) < 4.78 is 295. The Morgan fingerprint density at radius 3 is 0.952 bits per heavy atom. The molecule has 6 aromatic carbocycles. The minimum Gasteiger partial charge on any atom is -0.294 e. The number of hydrogen-bond donors (Lipinski definition) is 0. The lowest BCUT2D eigenvalue weighted by Gasteiger charge is -2.44. The highest BCUT2D eigenvalue weighted by atomic mass is 32.1. The summed E-state index contributed by atoms with van der Waals surface area (Å²) in [5.41, 5.74) is -12.5. The van der Waals surface area contributed by atoms with Gasteiger partial charge in [-0.15, -0.1) is 21.9 Å². The Kier molecular flexibility index (Phi) is 12.4. The number of aromatic nitrogens is 1. The van der Waals surface area contributed by atoms with Gasteiger partial charge in [-0.2, -0.15) is 4.98 Å². The van der Waals surface area contributed by atoms with E-state index >= 15 is 35.1 Å². The Balaban J connectivity index is 0.000000302. The van der Waals surface area contributed by atoms with Crippen LogP contribution in [-0.4, -0.2) is 11.9 Å². The van der Waals surface area contributed by atoms with Gasteiger partial charge in [-0.3, -0.25) is 4.79 Å². The molecule has 0 saturated heterocycles. The van der Waals surface area contributed by atoms with Crippen LogP contribution in [0.5, 0.6) is 0 Å². The topological polar surface area (TPSA) is 31.2 Å². The van der Waals surface area contributed by atoms with Gasteiger partial charge in [0.2, 0.25) is 10.5 Å². The second kappa shape index (κ2) is 17.0. The van der Waals surface area contributed by atoms with Crippen LogP contribution >= 0.6 is 11.3 Å². The Bertz CT molecular complexity index is 2600. The van der Waals surface area contributed by atoms with Crippen molar-refractivity contribution in [3.8, 4) is 0 Å². The standard InChI is InChI=1S/C24BF20.C15H11NOS/c26-5-1(6(27)14(35)21(42)13(5)34)25(2-7(28)15(36)22(43)16(37)8(2)29,3-9(30)17(38)23(44)18(39)10(3)31)4-11(32)19(40)24(45)20(41)12(4)33;17-13(11-6-2-1-3-7-11)10-15-16-12-8-4-5-9-14(12)18-15/h;1-9H,10H2/q-1;/p+1. The number of rotatable bonds is 7. The first kappa shape index (κ1) is 46.1. The zero-order valence-electron chi connectivity index (χ0n) is 29.9. The number of halogens is 20. The molecule has 0 fully saturated rings. The number of para-hydroxylation sites is 1. The highest BCUT2D eigenvalue weighted by Crippen LogP contribution is 2.31. The zero-order chi connectivity index (χ0) is 46.7. The summed E-state index contributed by atoms with van der Waals surface area (Å²) >= 11 is 1.64. The molecule has 0 aliphatic heterocycles. The molecule has 63 heavy (non-hydrogen) atoms. The fourth-order valence-corrected chi connectivity index (χ4v) is 7.80. The van der Waals surface area contributed by atoms with Gasteiger partial charge in [0.25, 0.3) is 0 Å². The van der Waals surface area contributed by atoms with Crippen molar-refractivity contribution in [3.63, 3.8) is 0 Å². The van der Waals surface area contributed by atoms with Gasteiger partial charge >= 0.3 is 0 Å². The molecular formula is C39H12BF20NOS. The largest absolute Gasteiger partial charge is 0.294 e. The van der Waals surface area contributed by atoms with E-state index in [1.165, 1.54) is 4.70 Å². The molecule has 0 amide bonds. The highest BCUT2D eigenvalue weighted by molar-refractivity contribution is 7.20. The minimum atomic E-state index is -7.22. The number of carbonyl (C=O) groups excluding carboxylic acids is 1. The van der Waals surface area contributed by atoms with Crippen LogP contribution in [0.4, 0.5) is 87.8 Å². The third kappa shape index (κ3) is 7.22. The summed E-state index contributed by atoms with van der Waals surface area (Å²) in [5.74, 6) is -71.3. The third-order valence-corrected chi connectivity index (χ3v) is 10.6. The van der Waals surface area contributed by atoms with E-state index in [4.69, 9.17) is 0 Å². The molecule has 0 atom stereocenters. The van der Waals surface area contributed by atoms with E-state index in [2.05, 4.69) is 11.1 Å². The first-order valence-corrected chi connectivity index (χ1v) is 17.6. The summed E-state index contributed by atoms with van der Waals surface area (Å²) in [6, 6.07) is 17.5. The smallest absolute Gasteiger partial charge is 0.244 e. The van der Waals surface area contributed by atoms with Crippen molar-refractivity contribution in [2.45, 2.75) is 6.42 Å². The summed E-state index contributed by atoms with van der Waals surface area (Å²) in [6.45, 7) is 0. The van der Waals surface area contributed by atoms with Crippen LogP contribution in [-0.2, 0) is 6.42 Å². The number of Topliss-reactive ketones (excluding diaryl/α,β-unsaturated/α-hetero) is 1. The molecule has 0 spiro atoms. The second-order valence-electron chi connectivity index (χ2n) is 12.9. The molecule has 24 heteroatoms. The fourth-order valence-electron chi connectivity index (χ4n) is 6.79. The fraction of sp³-hybridized carbons (Fsp3) is 0.0256. The molecule has 1 N–H and O–H groups in total. The number of carbonyl (C=O) groups is 1. The van der Waals surface area contributed by atoms with E-state index in [1.807, 2.05) is 48.5 Å². The van der Waals surface area contributed by atoms with Crippen molar-refractivity contribution in [1.82, 2.24) is 0 Å². The molecule has 0 bridgehead atoms. The molecule has 0 unspecified atom stereocenters. The number of thiazole rings is 1. The Hall–Kier alpha value is -6.46. The molecular weight excluding hydrogens is 921 g/mol. The maximum atomic E-state index is 15.4.